The maximum Gasteiger partial charge on any atom is 0.00146 e. The zero-order chi connectivity index (χ0) is 9.68. The van der Waals surface area contributed by atoms with Crippen LogP contribution in [0.3, 0.4) is 0 Å². The number of hydrogen-bond donors (Lipinski definition) is 0. The van der Waals surface area contributed by atoms with Crippen molar-refractivity contribution in [3.8, 4) is 0 Å². The smallest absolute Gasteiger partial charge is 0.00146 e. The number of aromatic nitrogens is 2. The molecular formula is C11H14N2Tc-2. The molecule has 2 rings (SSSR count). The minimum absolute atomic E-state index is 0. The van der Waals surface area contributed by atoms with Crippen LogP contribution < -0.4 is 0 Å². The monoisotopic (exact) mass is 271 g/mol. The van der Waals surface area contributed by atoms with Crippen LogP contribution in [0.2, 0.25) is 0 Å². The van der Waals surface area contributed by atoms with Gasteiger partial charge in [0.2, 0.25) is 0 Å². The predicted octanol–water partition coefficient (Wildman–Crippen LogP) is 2.69. The van der Waals surface area contributed by atoms with Crippen LogP contribution >= 0.6 is 0 Å². The molecule has 0 unspecified atom stereocenters. The Balaban J connectivity index is 0.000000531. The molecular weight excluding hydrogens is 258 g/mol. The zero-order valence-electron chi connectivity index (χ0n) is 8.50. The van der Waals surface area contributed by atoms with Gasteiger partial charge in [-0.25, -0.2) is 0 Å². The summed E-state index contributed by atoms with van der Waals surface area (Å²) in [7, 11) is 0. The molecule has 3 heteroatoms. The first-order valence-electron chi connectivity index (χ1n) is 4.45. The van der Waals surface area contributed by atoms with Crippen LogP contribution in [0.25, 0.3) is 11.0 Å². The van der Waals surface area contributed by atoms with E-state index in [2.05, 4.69) is 31.2 Å². The van der Waals surface area contributed by atoms with E-state index in [0.717, 1.165) is 17.6 Å². The van der Waals surface area contributed by atoms with Gasteiger partial charge in [0.05, 0.1) is 0 Å². The van der Waals surface area contributed by atoms with Crippen LogP contribution in [0, 0.1) is 13.3 Å². The van der Waals surface area contributed by atoms with Gasteiger partial charge in [-0.05, 0) is 13.5 Å². The molecule has 1 aromatic carbocycles. The topological polar surface area (TPSA) is 17.8 Å². The first-order chi connectivity index (χ1) is 6.42. The maximum absolute atomic E-state index is 4.13. The Bertz CT molecular complexity index is 368. The van der Waals surface area contributed by atoms with E-state index in [1.165, 1.54) is 0 Å². The predicted molar refractivity (Wildman–Crippen MR) is 55.3 cm³/mol. The summed E-state index contributed by atoms with van der Waals surface area (Å²) in [6.07, 6.45) is 2.93. The van der Waals surface area contributed by atoms with Gasteiger partial charge in [-0.3, -0.25) is 0 Å². The first-order valence-corrected chi connectivity index (χ1v) is 4.45. The quantitative estimate of drug-likeness (QED) is 0.730. The number of aryl methyl sites for hydroxylation is 1. The number of nitrogens with zero attached hydrogens (tertiary/aromatic N) is 2. The fourth-order valence-corrected chi connectivity index (χ4v) is 1.20. The Morgan fingerprint density at radius 3 is 2.64 bits per heavy atom. The van der Waals surface area contributed by atoms with Gasteiger partial charge >= 0.3 is 0 Å². The number of imidazole rings is 1. The summed E-state index contributed by atoms with van der Waals surface area (Å²) < 4.78 is 2.01. The summed E-state index contributed by atoms with van der Waals surface area (Å²) in [6.45, 7) is 8.02. The molecule has 0 bridgehead atoms. The van der Waals surface area contributed by atoms with E-state index < -0.39 is 0 Å². The van der Waals surface area contributed by atoms with Gasteiger partial charge < -0.3 is 16.5 Å². The molecule has 0 aliphatic heterocycles. The molecule has 0 atom stereocenters. The van der Waals surface area contributed by atoms with Crippen molar-refractivity contribution >= 4 is 11.0 Å². The molecule has 0 saturated heterocycles. The standard InChI is InChI=1S/C9H9N2.C2H5.Tc/c1-2-11-7-10-8-5-3-4-6-9(8)11;1-2;/h3-6H,2H2,1H3;1H2,2H3;/q2*-1;. The molecule has 0 saturated carbocycles. The van der Waals surface area contributed by atoms with Gasteiger partial charge in [-0.2, -0.15) is 6.92 Å². The van der Waals surface area contributed by atoms with E-state index in [1.807, 2.05) is 22.8 Å². The fourth-order valence-electron chi connectivity index (χ4n) is 1.20. The zero-order valence-corrected chi connectivity index (χ0v) is 10.4. The first kappa shape index (κ1) is 13.3. The molecule has 0 N–H and O–H groups in total. The van der Waals surface area contributed by atoms with Gasteiger partial charge in [0.25, 0.3) is 0 Å². The average Bonchev–Trinajstić information content (AvgIpc) is 2.64. The van der Waals surface area contributed by atoms with Crippen molar-refractivity contribution in [3.63, 3.8) is 0 Å². The van der Waals surface area contributed by atoms with Crippen molar-refractivity contribution in [1.82, 2.24) is 9.55 Å². The molecule has 14 heavy (non-hydrogen) atoms. The van der Waals surface area contributed by atoms with E-state index in [1.54, 1.807) is 6.92 Å². The number of fused-ring (bicyclic) bond motifs is 1. The minimum atomic E-state index is 0. The van der Waals surface area contributed by atoms with E-state index in [4.69, 9.17) is 0 Å². The Kier molecular flexibility index (Phi) is 6.42. The molecule has 2 aromatic rings. The van der Waals surface area contributed by atoms with Crippen LogP contribution in [0.1, 0.15) is 13.8 Å². The van der Waals surface area contributed by atoms with Gasteiger partial charge in [0.1, 0.15) is 0 Å². The van der Waals surface area contributed by atoms with Crippen molar-refractivity contribution < 1.29 is 20.1 Å². The molecule has 0 spiro atoms. The van der Waals surface area contributed by atoms with Crippen LogP contribution in [0.4, 0.5) is 0 Å². The summed E-state index contributed by atoms with van der Waals surface area (Å²) in [5.74, 6) is 0. The molecule has 1 aromatic heterocycles. The molecule has 2 nitrogen and oxygen atoms in total. The van der Waals surface area contributed by atoms with Crippen molar-refractivity contribution in [3.05, 3.63) is 37.5 Å². The Hall–Kier alpha value is -0.661. The van der Waals surface area contributed by atoms with Gasteiger partial charge in [-0.1, -0.05) is 23.2 Å². The summed E-state index contributed by atoms with van der Waals surface area (Å²) in [4.78, 5) is 4.13. The van der Waals surface area contributed by atoms with Crippen LogP contribution in [-0.4, -0.2) is 9.55 Å². The second-order valence-corrected chi connectivity index (χ2v) is 2.44. The second kappa shape index (κ2) is 6.74. The largest absolute Gasteiger partial charge is 0.447 e. The van der Waals surface area contributed by atoms with Gasteiger partial charge in [-0.15, -0.1) is 12.1 Å². The Morgan fingerprint density at radius 2 is 2.00 bits per heavy atom. The Labute approximate surface area is 98.7 Å². The van der Waals surface area contributed by atoms with Crippen molar-refractivity contribution in [2.75, 3.05) is 0 Å². The molecule has 1 radical (unpaired) electrons. The van der Waals surface area contributed by atoms with E-state index in [9.17, 15) is 0 Å². The second-order valence-electron chi connectivity index (χ2n) is 2.44. The average molecular weight is 272 g/mol. The molecule has 0 fully saturated rings. The van der Waals surface area contributed by atoms with E-state index >= 15 is 0 Å². The van der Waals surface area contributed by atoms with Crippen molar-refractivity contribution in [2.45, 2.75) is 20.4 Å². The molecule has 0 aliphatic carbocycles. The summed E-state index contributed by atoms with van der Waals surface area (Å²) in [5, 5.41) is 0. The summed E-state index contributed by atoms with van der Waals surface area (Å²) >= 11 is 0. The van der Waals surface area contributed by atoms with Crippen molar-refractivity contribution in [1.29, 1.82) is 0 Å². The molecule has 0 aliphatic rings. The number of para-hydroxylation sites is 2. The third-order valence-corrected chi connectivity index (χ3v) is 1.78. The normalized spacial score (nSPS) is 8.79. The molecule has 1 heterocycles. The maximum atomic E-state index is 4.13. The van der Waals surface area contributed by atoms with Gasteiger partial charge in [0, 0.05) is 26.4 Å². The van der Waals surface area contributed by atoms with Gasteiger partial charge in [0.15, 0.2) is 0 Å². The molecule has 77 valence electrons. The minimum Gasteiger partial charge on any atom is -0.447 e. The fraction of sp³-hybridized carbons (Fsp3) is 0.273. The molecule has 0 amide bonds. The van der Waals surface area contributed by atoms with Crippen molar-refractivity contribution in [2.24, 2.45) is 0 Å². The van der Waals surface area contributed by atoms with Crippen LogP contribution in [-0.2, 0) is 26.7 Å². The van der Waals surface area contributed by atoms with E-state index in [-0.39, 0.29) is 20.1 Å². The third-order valence-electron chi connectivity index (χ3n) is 1.78. The summed E-state index contributed by atoms with van der Waals surface area (Å²) in [6, 6.07) is 8.06. The number of benzene rings is 1. The SMILES string of the molecule is CCn1[c-]nc2ccccc21.[CH2-]C.[Tc]. The number of rotatable bonds is 1. The number of hydrogen-bond acceptors (Lipinski definition) is 1. The third kappa shape index (κ3) is 2.66. The van der Waals surface area contributed by atoms with E-state index in [0.29, 0.717) is 0 Å². The van der Waals surface area contributed by atoms with Crippen LogP contribution in [0.5, 0.6) is 0 Å². The summed E-state index contributed by atoms with van der Waals surface area (Å²) in [5.41, 5.74) is 2.18. The van der Waals surface area contributed by atoms with Crippen LogP contribution in [0.15, 0.2) is 24.3 Å². The Morgan fingerprint density at radius 1 is 1.36 bits per heavy atom.